The van der Waals surface area contributed by atoms with Crippen molar-refractivity contribution in [1.29, 1.82) is 0 Å². The van der Waals surface area contributed by atoms with Crippen molar-refractivity contribution in [2.24, 2.45) is 5.92 Å². The number of aromatic nitrogens is 1. The summed E-state index contributed by atoms with van der Waals surface area (Å²) in [5, 5.41) is 7.71. The highest BCUT2D eigenvalue weighted by atomic mass is 35.5. The topological polar surface area (TPSA) is 54.0 Å². The van der Waals surface area contributed by atoms with Crippen molar-refractivity contribution in [3.8, 4) is 0 Å². The Kier molecular flexibility index (Phi) is 6.55. The highest BCUT2D eigenvalue weighted by Gasteiger charge is 2.14. The van der Waals surface area contributed by atoms with Gasteiger partial charge in [0.2, 0.25) is 5.91 Å². The van der Waals surface area contributed by atoms with Gasteiger partial charge in [-0.05, 0) is 20.9 Å². The molecule has 4 nitrogen and oxygen atoms in total. The highest BCUT2D eigenvalue weighted by molar-refractivity contribution is 7.16. The highest BCUT2D eigenvalue weighted by Crippen LogP contribution is 2.23. The Bertz CT molecular complexity index is 354. The molecular formula is C10H18ClN3OS. The van der Waals surface area contributed by atoms with Gasteiger partial charge in [-0.1, -0.05) is 6.92 Å². The molecular weight excluding hydrogens is 246 g/mol. The van der Waals surface area contributed by atoms with Gasteiger partial charge in [-0.15, -0.1) is 23.7 Å². The molecule has 1 aromatic heterocycles. The van der Waals surface area contributed by atoms with E-state index in [0.717, 1.165) is 15.7 Å². The number of carbonyl (C=O) groups is 1. The lowest BCUT2D eigenvalue weighted by molar-refractivity contribution is -0.119. The molecule has 16 heavy (non-hydrogen) atoms. The molecule has 92 valence electrons. The molecule has 0 bridgehead atoms. The second-order valence-electron chi connectivity index (χ2n) is 3.60. The van der Waals surface area contributed by atoms with Crippen LogP contribution in [0.1, 0.15) is 17.6 Å². The normalized spacial score (nSPS) is 11.8. The molecule has 0 aliphatic carbocycles. The van der Waals surface area contributed by atoms with Gasteiger partial charge in [0.15, 0.2) is 0 Å². The van der Waals surface area contributed by atoms with Gasteiger partial charge in [0.05, 0.1) is 10.7 Å². The summed E-state index contributed by atoms with van der Waals surface area (Å²) in [7, 11) is 1.84. The van der Waals surface area contributed by atoms with Crippen LogP contribution in [0.5, 0.6) is 0 Å². The zero-order valence-electron chi connectivity index (χ0n) is 9.96. The molecule has 0 aliphatic rings. The van der Waals surface area contributed by atoms with E-state index in [1.54, 1.807) is 0 Å². The molecule has 0 radical (unpaired) electrons. The summed E-state index contributed by atoms with van der Waals surface area (Å²) >= 11 is 1.51. The Morgan fingerprint density at radius 1 is 1.50 bits per heavy atom. The Balaban J connectivity index is 0.00000225. The number of nitrogens with zero attached hydrogens (tertiary/aromatic N) is 1. The van der Waals surface area contributed by atoms with Crippen LogP contribution < -0.4 is 10.6 Å². The number of carbonyl (C=O) groups excluding carboxylic acids is 1. The van der Waals surface area contributed by atoms with Crippen molar-refractivity contribution in [3.63, 3.8) is 0 Å². The summed E-state index contributed by atoms with van der Waals surface area (Å²) in [4.78, 5) is 15.9. The quantitative estimate of drug-likeness (QED) is 0.873. The maximum Gasteiger partial charge on any atom is 0.229 e. The first-order valence-corrected chi connectivity index (χ1v) is 5.75. The lowest BCUT2D eigenvalue weighted by atomic mass is 10.1. The monoisotopic (exact) mass is 263 g/mol. The van der Waals surface area contributed by atoms with E-state index in [1.165, 1.54) is 11.3 Å². The summed E-state index contributed by atoms with van der Waals surface area (Å²) in [6.45, 7) is 6.42. The van der Waals surface area contributed by atoms with E-state index in [1.807, 2.05) is 27.8 Å². The van der Waals surface area contributed by atoms with Crippen LogP contribution in [0.3, 0.4) is 0 Å². The van der Waals surface area contributed by atoms with Crippen LogP contribution in [-0.4, -0.2) is 24.5 Å². The molecule has 1 heterocycles. The van der Waals surface area contributed by atoms with Crippen LogP contribution >= 0.6 is 23.7 Å². The molecule has 0 spiro atoms. The third kappa shape index (κ3) is 4.08. The van der Waals surface area contributed by atoms with E-state index in [4.69, 9.17) is 0 Å². The van der Waals surface area contributed by atoms with Gasteiger partial charge in [-0.3, -0.25) is 4.79 Å². The predicted octanol–water partition coefficient (Wildman–Crippen LogP) is 1.98. The predicted molar refractivity (Wildman–Crippen MR) is 70.6 cm³/mol. The minimum Gasteiger partial charge on any atom is -0.319 e. The number of rotatable bonds is 4. The van der Waals surface area contributed by atoms with Crippen LogP contribution in [0.15, 0.2) is 0 Å². The first-order chi connectivity index (χ1) is 7.04. The minimum absolute atomic E-state index is 0. The number of nitrogens with one attached hydrogen (secondary N) is 2. The molecule has 1 amide bonds. The van der Waals surface area contributed by atoms with E-state index >= 15 is 0 Å². The van der Waals surface area contributed by atoms with E-state index in [2.05, 4.69) is 15.6 Å². The zero-order valence-corrected chi connectivity index (χ0v) is 11.6. The van der Waals surface area contributed by atoms with E-state index < -0.39 is 0 Å². The average molecular weight is 264 g/mol. The van der Waals surface area contributed by atoms with Crippen molar-refractivity contribution in [1.82, 2.24) is 10.3 Å². The van der Waals surface area contributed by atoms with Gasteiger partial charge < -0.3 is 10.6 Å². The van der Waals surface area contributed by atoms with E-state index in [-0.39, 0.29) is 24.2 Å². The molecule has 0 aliphatic heterocycles. The standard InChI is InChI=1S/C10H17N3OS.ClH/c1-6(5-11-4)9(14)13-10-7(2)12-8(3)15-10;/h6,11H,5H2,1-4H3,(H,13,14);1H. The fourth-order valence-electron chi connectivity index (χ4n) is 1.28. The summed E-state index contributed by atoms with van der Waals surface area (Å²) < 4.78 is 0. The van der Waals surface area contributed by atoms with Crippen molar-refractivity contribution in [2.45, 2.75) is 20.8 Å². The van der Waals surface area contributed by atoms with Gasteiger partial charge in [-0.2, -0.15) is 0 Å². The van der Waals surface area contributed by atoms with Gasteiger partial charge in [0.1, 0.15) is 5.00 Å². The Morgan fingerprint density at radius 3 is 2.56 bits per heavy atom. The van der Waals surface area contributed by atoms with Gasteiger partial charge >= 0.3 is 0 Å². The number of thiazole rings is 1. The van der Waals surface area contributed by atoms with Gasteiger partial charge in [-0.25, -0.2) is 4.98 Å². The first kappa shape index (κ1) is 15.3. The average Bonchev–Trinajstić information content (AvgIpc) is 2.45. The largest absolute Gasteiger partial charge is 0.319 e. The molecule has 0 aromatic carbocycles. The third-order valence-electron chi connectivity index (χ3n) is 2.10. The summed E-state index contributed by atoms with van der Waals surface area (Å²) in [5.74, 6) is 0.00732. The SMILES string of the molecule is CNCC(C)C(=O)Nc1sc(C)nc1C.Cl. The van der Waals surface area contributed by atoms with Gasteiger partial charge in [0.25, 0.3) is 0 Å². The Labute approximate surface area is 106 Å². The second kappa shape index (κ2) is 6.83. The summed E-state index contributed by atoms with van der Waals surface area (Å²) in [5.41, 5.74) is 0.891. The van der Waals surface area contributed by atoms with Gasteiger partial charge in [0, 0.05) is 12.5 Å². The minimum atomic E-state index is -0.0307. The van der Waals surface area contributed by atoms with Crippen LogP contribution in [0.4, 0.5) is 5.00 Å². The number of amides is 1. The van der Waals surface area contributed by atoms with Crippen LogP contribution in [0.25, 0.3) is 0 Å². The molecule has 0 fully saturated rings. The lowest BCUT2D eigenvalue weighted by Gasteiger charge is -2.10. The fraction of sp³-hybridized carbons (Fsp3) is 0.600. The number of hydrogen-bond acceptors (Lipinski definition) is 4. The lowest BCUT2D eigenvalue weighted by Crippen LogP contribution is -2.28. The first-order valence-electron chi connectivity index (χ1n) is 4.94. The van der Waals surface area contributed by atoms with Crippen molar-refractivity contribution >= 4 is 34.7 Å². The maximum atomic E-state index is 11.7. The van der Waals surface area contributed by atoms with E-state index in [0.29, 0.717) is 6.54 Å². The van der Waals surface area contributed by atoms with Crippen LogP contribution in [0, 0.1) is 19.8 Å². The van der Waals surface area contributed by atoms with Crippen molar-refractivity contribution in [3.05, 3.63) is 10.7 Å². The van der Waals surface area contributed by atoms with Crippen molar-refractivity contribution < 1.29 is 4.79 Å². The maximum absolute atomic E-state index is 11.7. The third-order valence-corrected chi connectivity index (χ3v) is 3.09. The molecule has 1 atom stereocenters. The molecule has 1 unspecified atom stereocenters. The Morgan fingerprint density at radius 2 is 2.12 bits per heavy atom. The number of halogens is 1. The van der Waals surface area contributed by atoms with E-state index in [9.17, 15) is 4.79 Å². The fourth-order valence-corrected chi connectivity index (χ4v) is 2.10. The number of aryl methyl sites for hydroxylation is 2. The molecule has 6 heteroatoms. The van der Waals surface area contributed by atoms with Crippen LogP contribution in [-0.2, 0) is 4.79 Å². The molecule has 1 aromatic rings. The van der Waals surface area contributed by atoms with Crippen molar-refractivity contribution in [2.75, 3.05) is 18.9 Å². The number of hydrogen-bond donors (Lipinski definition) is 2. The van der Waals surface area contributed by atoms with Crippen LogP contribution in [0.2, 0.25) is 0 Å². The smallest absolute Gasteiger partial charge is 0.229 e. The second-order valence-corrected chi connectivity index (χ2v) is 4.80. The molecule has 0 saturated carbocycles. The number of anilines is 1. The zero-order chi connectivity index (χ0) is 11.4. The summed E-state index contributed by atoms with van der Waals surface area (Å²) in [6, 6.07) is 0. The molecule has 2 N–H and O–H groups in total. The molecule has 0 saturated heterocycles. The molecule has 1 rings (SSSR count). The summed E-state index contributed by atoms with van der Waals surface area (Å²) in [6.07, 6.45) is 0. The Hall–Kier alpha value is -0.650.